The number of phosphoric ester groups is 2. The normalized spacial score (nSPS) is 13.9. The molecular formula is C83H162O17P2. The second kappa shape index (κ2) is 74.5. The number of carbonyl (C=O) groups excluding carboxylic acids is 4. The van der Waals surface area contributed by atoms with Gasteiger partial charge in [0.05, 0.1) is 26.4 Å². The summed E-state index contributed by atoms with van der Waals surface area (Å²) in [6, 6.07) is 0. The molecular weight excluding hydrogens is 1330 g/mol. The van der Waals surface area contributed by atoms with Crippen molar-refractivity contribution in [2.75, 3.05) is 39.6 Å². The number of hydrogen-bond donors (Lipinski definition) is 3. The highest BCUT2D eigenvalue weighted by Gasteiger charge is 2.30. The van der Waals surface area contributed by atoms with Crippen LogP contribution in [0.15, 0.2) is 0 Å². The molecule has 0 heterocycles. The van der Waals surface area contributed by atoms with Crippen LogP contribution in [0.25, 0.3) is 0 Å². The van der Waals surface area contributed by atoms with Crippen LogP contribution in [-0.2, 0) is 65.4 Å². The topological polar surface area (TPSA) is 237 Å². The Balaban J connectivity index is 5.23. The monoisotopic (exact) mass is 1490 g/mol. The first-order valence-corrected chi connectivity index (χ1v) is 46.0. The first-order chi connectivity index (χ1) is 49.4. The van der Waals surface area contributed by atoms with Gasteiger partial charge in [0.2, 0.25) is 0 Å². The number of aliphatic hydroxyl groups is 1. The van der Waals surface area contributed by atoms with E-state index in [4.69, 9.17) is 37.0 Å². The Kier molecular flexibility index (Phi) is 73.1. The molecule has 3 N–H and O–H groups in total. The fourth-order valence-electron chi connectivity index (χ4n) is 12.9. The zero-order valence-corrected chi connectivity index (χ0v) is 68.7. The van der Waals surface area contributed by atoms with Crippen LogP contribution in [0.2, 0.25) is 0 Å². The number of aliphatic hydroxyl groups excluding tert-OH is 1. The van der Waals surface area contributed by atoms with Gasteiger partial charge < -0.3 is 33.8 Å². The quantitative estimate of drug-likeness (QED) is 0.0222. The van der Waals surface area contributed by atoms with E-state index in [1.165, 1.54) is 250 Å². The second-order valence-electron chi connectivity index (χ2n) is 30.8. The fraction of sp³-hybridized carbons (Fsp3) is 0.952. The molecule has 0 radical (unpaired) electrons. The van der Waals surface area contributed by atoms with Gasteiger partial charge in [-0.1, -0.05) is 388 Å². The first kappa shape index (κ1) is 100. The molecule has 2 unspecified atom stereocenters. The molecule has 19 heteroatoms. The van der Waals surface area contributed by atoms with Crippen LogP contribution >= 0.6 is 15.6 Å². The van der Waals surface area contributed by atoms with E-state index in [0.717, 1.165) is 102 Å². The number of rotatable bonds is 82. The number of carbonyl (C=O) groups is 4. The van der Waals surface area contributed by atoms with Crippen molar-refractivity contribution in [1.29, 1.82) is 0 Å². The molecule has 0 aromatic carbocycles. The first-order valence-electron chi connectivity index (χ1n) is 43.0. The van der Waals surface area contributed by atoms with Crippen LogP contribution in [-0.4, -0.2) is 96.7 Å². The highest BCUT2D eigenvalue weighted by molar-refractivity contribution is 7.47. The van der Waals surface area contributed by atoms with Crippen LogP contribution in [0.1, 0.15) is 440 Å². The maximum absolute atomic E-state index is 13.1. The smallest absolute Gasteiger partial charge is 0.462 e. The molecule has 0 rings (SSSR count). The summed E-state index contributed by atoms with van der Waals surface area (Å²) in [5.41, 5.74) is 0. The van der Waals surface area contributed by atoms with E-state index in [2.05, 4.69) is 41.5 Å². The summed E-state index contributed by atoms with van der Waals surface area (Å²) in [4.78, 5) is 73.1. The molecule has 5 atom stereocenters. The third kappa shape index (κ3) is 76.3. The number of phosphoric acid groups is 2. The minimum atomic E-state index is -4.96. The molecule has 0 bridgehead atoms. The SMILES string of the molecule is CCCCCCCCCCCCCCCCCCCCC(=O)OC[C@H](COP(=O)(O)OC[C@@H](O)COP(=O)(O)OC[C@@H](COC(=O)CCCCCCCCCC(C)C)OC(=O)CCCCCCCCCCCCCCCCC)OC(=O)CCCCCCCCCCCCCCCCCCC(C)C. The lowest BCUT2D eigenvalue weighted by Crippen LogP contribution is -2.30. The molecule has 0 spiro atoms. The molecule has 606 valence electrons. The summed E-state index contributed by atoms with van der Waals surface area (Å²) < 4.78 is 68.8. The summed E-state index contributed by atoms with van der Waals surface area (Å²) in [6.07, 6.45) is 65.3. The van der Waals surface area contributed by atoms with Gasteiger partial charge >= 0.3 is 39.5 Å². The zero-order valence-electron chi connectivity index (χ0n) is 66.9. The number of hydrogen-bond acceptors (Lipinski definition) is 15. The minimum Gasteiger partial charge on any atom is -0.462 e. The Labute approximate surface area is 626 Å². The lowest BCUT2D eigenvalue weighted by atomic mass is 10.0. The van der Waals surface area contributed by atoms with E-state index >= 15 is 0 Å². The van der Waals surface area contributed by atoms with Crippen molar-refractivity contribution in [3.8, 4) is 0 Å². The summed E-state index contributed by atoms with van der Waals surface area (Å²) in [5, 5.41) is 10.7. The molecule has 0 aliphatic rings. The molecule has 0 aromatic rings. The van der Waals surface area contributed by atoms with Crippen LogP contribution in [0.3, 0.4) is 0 Å². The van der Waals surface area contributed by atoms with E-state index in [0.29, 0.717) is 31.6 Å². The molecule has 102 heavy (non-hydrogen) atoms. The standard InChI is InChI=1S/C83H162O17P2/c1-7-9-11-13-15-17-19-21-23-24-25-30-33-37-41-47-53-59-65-80(85)93-71-78(99-82(87)68-62-56-49-43-39-35-31-27-26-29-32-36-40-45-51-57-63-75(3)4)73-97-101(89,90)95-69-77(84)70-96-102(91,92)98-74-79(72-94-81(86)66-60-54-50-44-46-52-58-64-76(5)6)100-83(88)67-61-55-48-42-38-34-28-22-20-18-16-14-12-10-8-2/h75-79,84H,7-74H2,1-6H3,(H,89,90)(H,91,92)/t77-,78-,79-/m1/s1. The third-order valence-corrected chi connectivity index (χ3v) is 21.4. The Morgan fingerprint density at radius 2 is 0.451 bits per heavy atom. The van der Waals surface area contributed by atoms with Crippen molar-refractivity contribution in [3.05, 3.63) is 0 Å². The highest BCUT2D eigenvalue weighted by Crippen LogP contribution is 2.45. The summed E-state index contributed by atoms with van der Waals surface area (Å²) in [6.45, 7) is 9.63. The summed E-state index contributed by atoms with van der Waals surface area (Å²) in [5.74, 6) is -0.591. The predicted molar refractivity (Wildman–Crippen MR) is 418 cm³/mol. The van der Waals surface area contributed by atoms with Crippen LogP contribution in [0.4, 0.5) is 0 Å². The van der Waals surface area contributed by atoms with E-state index < -0.39 is 97.5 Å². The molecule has 0 aromatic heterocycles. The number of ether oxygens (including phenoxy) is 4. The van der Waals surface area contributed by atoms with Gasteiger partial charge in [0.1, 0.15) is 19.3 Å². The van der Waals surface area contributed by atoms with Gasteiger partial charge in [0.15, 0.2) is 12.2 Å². The van der Waals surface area contributed by atoms with Gasteiger partial charge in [-0.05, 0) is 37.5 Å². The number of esters is 4. The Morgan fingerprint density at radius 3 is 0.667 bits per heavy atom. The van der Waals surface area contributed by atoms with E-state index in [1.54, 1.807) is 0 Å². The van der Waals surface area contributed by atoms with Gasteiger partial charge in [0.25, 0.3) is 0 Å². The highest BCUT2D eigenvalue weighted by atomic mass is 31.2. The number of unbranched alkanes of at least 4 members (excludes halogenated alkanes) is 52. The van der Waals surface area contributed by atoms with Crippen molar-refractivity contribution in [2.24, 2.45) is 11.8 Å². The van der Waals surface area contributed by atoms with Crippen LogP contribution in [0, 0.1) is 11.8 Å². The van der Waals surface area contributed by atoms with Crippen molar-refractivity contribution in [1.82, 2.24) is 0 Å². The van der Waals surface area contributed by atoms with Gasteiger partial charge in [-0.25, -0.2) is 9.13 Å². The molecule has 0 saturated heterocycles. The van der Waals surface area contributed by atoms with Gasteiger partial charge in [-0.15, -0.1) is 0 Å². The Bertz CT molecular complexity index is 1960. The maximum Gasteiger partial charge on any atom is 0.472 e. The Morgan fingerprint density at radius 1 is 0.265 bits per heavy atom. The second-order valence-corrected chi connectivity index (χ2v) is 33.7. The molecule has 0 saturated carbocycles. The summed E-state index contributed by atoms with van der Waals surface area (Å²) >= 11 is 0. The fourth-order valence-corrected chi connectivity index (χ4v) is 14.5. The summed E-state index contributed by atoms with van der Waals surface area (Å²) in [7, 11) is -9.92. The molecule has 0 amide bonds. The van der Waals surface area contributed by atoms with Crippen molar-refractivity contribution in [2.45, 2.75) is 458 Å². The van der Waals surface area contributed by atoms with Crippen molar-refractivity contribution >= 4 is 39.5 Å². The van der Waals surface area contributed by atoms with Gasteiger partial charge in [-0.2, -0.15) is 0 Å². The average molecular weight is 1490 g/mol. The van der Waals surface area contributed by atoms with Gasteiger partial charge in [-0.3, -0.25) is 37.3 Å². The lowest BCUT2D eigenvalue weighted by molar-refractivity contribution is -0.161. The average Bonchev–Trinajstić information content (AvgIpc) is 0.908. The lowest BCUT2D eigenvalue weighted by Gasteiger charge is -2.21. The molecule has 0 aliphatic heterocycles. The van der Waals surface area contributed by atoms with Crippen molar-refractivity contribution in [3.63, 3.8) is 0 Å². The van der Waals surface area contributed by atoms with Crippen LogP contribution in [0.5, 0.6) is 0 Å². The predicted octanol–water partition coefficient (Wildman–Crippen LogP) is 25.1. The molecule has 17 nitrogen and oxygen atoms in total. The van der Waals surface area contributed by atoms with E-state index in [-0.39, 0.29) is 25.7 Å². The van der Waals surface area contributed by atoms with Crippen molar-refractivity contribution < 1.29 is 80.2 Å². The third-order valence-electron chi connectivity index (χ3n) is 19.5. The van der Waals surface area contributed by atoms with Crippen LogP contribution < -0.4 is 0 Å². The minimum absolute atomic E-state index is 0.108. The van der Waals surface area contributed by atoms with E-state index in [1.807, 2.05) is 0 Å². The zero-order chi connectivity index (χ0) is 74.9. The molecule has 0 fully saturated rings. The maximum atomic E-state index is 13.1. The van der Waals surface area contributed by atoms with E-state index in [9.17, 15) is 43.2 Å². The Hall–Kier alpha value is -1.94. The molecule has 0 aliphatic carbocycles. The largest absolute Gasteiger partial charge is 0.472 e. The van der Waals surface area contributed by atoms with Gasteiger partial charge in [0, 0.05) is 25.7 Å².